The fourth-order valence-corrected chi connectivity index (χ4v) is 3.06. The largest absolute Gasteiger partial charge is 0.376 e. The molecule has 90 valence electrons. The first kappa shape index (κ1) is 13.3. The maximum Gasteiger partial charge on any atom is 0.0725 e. The number of halogens is 2. The van der Waals surface area contributed by atoms with Gasteiger partial charge in [0.15, 0.2) is 0 Å². The summed E-state index contributed by atoms with van der Waals surface area (Å²) in [5, 5.41) is 0.00565. The zero-order chi connectivity index (χ0) is 12.3. The molecule has 0 spiro atoms. The Balaban J connectivity index is 1.79. The highest BCUT2D eigenvalue weighted by atomic mass is 35.5. The van der Waals surface area contributed by atoms with Gasteiger partial charge >= 0.3 is 0 Å². The van der Waals surface area contributed by atoms with E-state index in [1.807, 2.05) is 30.3 Å². The molecular weight excluding hydrogens is 254 g/mol. The average molecular weight is 269 g/mol. The first-order valence-electron chi connectivity index (χ1n) is 5.84. The van der Waals surface area contributed by atoms with Gasteiger partial charge < -0.3 is 4.74 Å². The molecule has 1 saturated carbocycles. The van der Waals surface area contributed by atoms with Gasteiger partial charge in [-0.3, -0.25) is 0 Å². The molecule has 1 aromatic rings. The van der Waals surface area contributed by atoms with Crippen molar-refractivity contribution >= 4 is 31.0 Å². The van der Waals surface area contributed by atoms with Crippen molar-refractivity contribution < 1.29 is 4.74 Å². The summed E-state index contributed by atoms with van der Waals surface area (Å²) in [5.74, 6) is 0.0952. The smallest absolute Gasteiger partial charge is 0.0725 e. The van der Waals surface area contributed by atoms with Gasteiger partial charge in [0.2, 0.25) is 0 Å². The lowest BCUT2D eigenvalue weighted by atomic mass is 9.79. The van der Waals surface area contributed by atoms with E-state index < -0.39 is 0 Å². The Bertz CT molecular complexity index is 347. The number of rotatable bonds is 4. The van der Waals surface area contributed by atoms with E-state index in [0.717, 1.165) is 12.0 Å². The molecule has 1 fully saturated rings. The number of ether oxygens (including phenoxy) is 1. The third-order valence-corrected chi connectivity index (χ3v) is 4.22. The fourth-order valence-electron chi connectivity index (χ4n) is 2.16. The second-order valence-corrected chi connectivity index (χ2v) is 5.63. The van der Waals surface area contributed by atoms with Crippen LogP contribution in [-0.4, -0.2) is 25.2 Å². The van der Waals surface area contributed by atoms with Crippen molar-refractivity contribution in [2.24, 2.45) is 5.92 Å². The lowest BCUT2D eigenvalue weighted by molar-refractivity contribution is 0.0901. The van der Waals surface area contributed by atoms with Gasteiger partial charge in [0, 0.05) is 10.8 Å². The van der Waals surface area contributed by atoms with Crippen molar-refractivity contribution in [3.05, 3.63) is 35.9 Å². The Morgan fingerprint density at radius 2 is 1.88 bits per heavy atom. The van der Waals surface area contributed by atoms with Crippen molar-refractivity contribution in [1.82, 2.24) is 0 Å². The Morgan fingerprint density at radius 3 is 2.47 bits per heavy atom. The minimum atomic E-state index is -0.0602. The van der Waals surface area contributed by atoms with Gasteiger partial charge in [-0.15, -0.1) is 23.2 Å². The summed E-state index contributed by atoms with van der Waals surface area (Å²) < 4.78 is 5.67. The molecule has 17 heavy (non-hydrogen) atoms. The van der Waals surface area contributed by atoms with Crippen LogP contribution in [0.1, 0.15) is 12.0 Å². The van der Waals surface area contributed by atoms with E-state index in [1.54, 1.807) is 0 Å². The first-order chi connectivity index (χ1) is 8.18. The molecule has 4 unspecified atom stereocenters. The minimum absolute atomic E-state index is 0.0252. The van der Waals surface area contributed by atoms with Gasteiger partial charge in [0.25, 0.3) is 0 Å². The zero-order valence-electron chi connectivity index (χ0n) is 9.56. The Hall–Kier alpha value is -0.175. The second-order valence-electron chi connectivity index (χ2n) is 4.51. The predicted octanol–water partition coefficient (Wildman–Crippen LogP) is 3.39. The van der Waals surface area contributed by atoms with Crippen LogP contribution >= 0.6 is 23.2 Å². The van der Waals surface area contributed by atoms with Crippen LogP contribution in [0.4, 0.5) is 0 Å². The number of benzene rings is 1. The second kappa shape index (κ2) is 6.13. The van der Waals surface area contributed by atoms with Crippen molar-refractivity contribution in [3.63, 3.8) is 0 Å². The van der Waals surface area contributed by atoms with Gasteiger partial charge in [0.1, 0.15) is 0 Å². The minimum Gasteiger partial charge on any atom is -0.376 e. The summed E-state index contributed by atoms with van der Waals surface area (Å²) in [7, 11) is 6.00. The molecule has 0 aromatic heterocycles. The molecule has 4 heteroatoms. The van der Waals surface area contributed by atoms with Crippen LogP contribution in [0.5, 0.6) is 0 Å². The van der Waals surface area contributed by atoms with E-state index in [9.17, 15) is 0 Å². The van der Waals surface area contributed by atoms with Gasteiger partial charge in [-0.2, -0.15) is 0 Å². The standard InChI is InChI=1S/C13H15BCl2O/c14-13-10(11(15)6-12(13)16)8-17-7-9-4-2-1-3-5-9/h1-5,10-13H,6-8H2. The van der Waals surface area contributed by atoms with Crippen LogP contribution in [0.3, 0.4) is 0 Å². The van der Waals surface area contributed by atoms with Crippen molar-refractivity contribution in [3.8, 4) is 0 Å². The molecule has 0 heterocycles. The summed E-state index contributed by atoms with van der Waals surface area (Å²) in [5.41, 5.74) is 1.16. The lowest BCUT2D eigenvalue weighted by Crippen LogP contribution is -2.19. The van der Waals surface area contributed by atoms with Crippen LogP contribution in [0, 0.1) is 5.92 Å². The Labute approximate surface area is 114 Å². The molecule has 1 aromatic carbocycles. The van der Waals surface area contributed by atoms with Gasteiger partial charge in [-0.05, 0) is 17.9 Å². The lowest BCUT2D eigenvalue weighted by Gasteiger charge is -2.19. The third-order valence-electron chi connectivity index (χ3n) is 3.25. The number of alkyl halides is 2. The summed E-state index contributed by atoms with van der Waals surface area (Å²) in [6, 6.07) is 10.1. The maximum atomic E-state index is 6.21. The Kier molecular flexibility index (Phi) is 4.78. The highest BCUT2D eigenvalue weighted by molar-refractivity contribution is 6.29. The normalized spacial score (nSPS) is 32.8. The molecule has 1 nitrogen and oxygen atoms in total. The van der Waals surface area contributed by atoms with Crippen molar-refractivity contribution in [1.29, 1.82) is 0 Å². The summed E-state index contributed by atoms with van der Waals surface area (Å²) in [6.07, 6.45) is 0.768. The van der Waals surface area contributed by atoms with E-state index in [-0.39, 0.29) is 22.5 Å². The van der Waals surface area contributed by atoms with Crippen LogP contribution in [0.15, 0.2) is 30.3 Å². The average Bonchev–Trinajstić information content (AvgIpc) is 2.57. The molecule has 0 amide bonds. The van der Waals surface area contributed by atoms with Crippen molar-refractivity contribution in [2.75, 3.05) is 6.61 Å². The number of hydrogen-bond acceptors (Lipinski definition) is 1. The van der Waals surface area contributed by atoms with E-state index >= 15 is 0 Å². The van der Waals surface area contributed by atoms with Gasteiger partial charge in [0.05, 0.1) is 21.1 Å². The van der Waals surface area contributed by atoms with Crippen LogP contribution in [0.2, 0.25) is 5.82 Å². The molecule has 2 radical (unpaired) electrons. The number of hydrogen-bond donors (Lipinski definition) is 0. The summed E-state index contributed by atoms with van der Waals surface area (Å²) >= 11 is 12.3. The van der Waals surface area contributed by atoms with Gasteiger partial charge in [-0.25, -0.2) is 0 Å². The van der Waals surface area contributed by atoms with Crippen molar-refractivity contribution in [2.45, 2.75) is 29.6 Å². The third kappa shape index (κ3) is 3.40. The molecule has 0 bridgehead atoms. The molecule has 0 saturated heterocycles. The zero-order valence-corrected chi connectivity index (χ0v) is 11.1. The molecular formula is C13H15BCl2O. The van der Waals surface area contributed by atoms with Crippen LogP contribution in [0.25, 0.3) is 0 Å². The molecule has 1 aliphatic rings. The molecule has 0 aliphatic heterocycles. The quantitative estimate of drug-likeness (QED) is 0.601. The van der Waals surface area contributed by atoms with E-state index in [0.29, 0.717) is 13.2 Å². The SMILES string of the molecule is [B]C1C(Cl)CC(Cl)C1COCc1ccccc1. The van der Waals surface area contributed by atoms with Gasteiger partial charge in [-0.1, -0.05) is 36.1 Å². The molecule has 1 aliphatic carbocycles. The highest BCUT2D eigenvalue weighted by Gasteiger charge is 2.38. The Morgan fingerprint density at radius 1 is 1.18 bits per heavy atom. The summed E-state index contributed by atoms with van der Waals surface area (Å²) in [6.45, 7) is 1.17. The topological polar surface area (TPSA) is 9.23 Å². The van der Waals surface area contributed by atoms with E-state index in [1.165, 1.54) is 0 Å². The molecule has 0 N–H and O–H groups in total. The highest BCUT2D eigenvalue weighted by Crippen LogP contribution is 2.41. The fraction of sp³-hybridized carbons (Fsp3) is 0.538. The summed E-state index contributed by atoms with van der Waals surface area (Å²) in [4.78, 5) is 0. The molecule has 2 rings (SSSR count). The molecule has 4 atom stereocenters. The monoisotopic (exact) mass is 268 g/mol. The first-order valence-corrected chi connectivity index (χ1v) is 6.71. The van der Waals surface area contributed by atoms with Crippen LogP contribution in [-0.2, 0) is 11.3 Å². The van der Waals surface area contributed by atoms with Crippen LogP contribution < -0.4 is 0 Å². The predicted molar refractivity (Wildman–Crippen MR) is 73.0 cm³/mol. The van der Waals surface area contributed by atoms with E-state index in [4.69, 9.17) is 35.8 Å². The maximum absolute atomic E-state index is 6.21. The van der Waals surface area contributed by atoms with E-state index in [2.05, 4.69) is 0 Å².